The van der Waals surface area contributed by atoms with Gasteiger partial charge in [-0.1, -0.05) is 25.8 Å². The summed E-state index contributed by atoms with van der Waals surface area (Å²) in [4.78, 5) is 0.909. The third-order valence-electron chi connectivity index (χ3n) is 3.42. The predicted molar refractivity (Wildman–Crippen MR) is 69.6 cm³/mol. The van der Waals surface area contributed by atoms with Gasteiger partial charge in [0, 0.05) is 15.7 Å². The Morgan fingerprint density at radius 2 is 2.24 bits per heavy atom. The second-order valence-electron chi connectivity index (χ2n) is 4.89. The molecule has 2 rings (SSSR count). The van der Waals surface area contributed by atoms with Crippen molar-refractivity contribution in [3.8, 4) is 0 Å². The number of aliphatic hydroxyl groups excluding tert-OH is 1. The Kier molecular flexibility index (Phi) is 4.46. The summed E-state index contributed by atoms with van der Waals surface area (Å²) in [5.41, 5.74) is 0.454. The minimum atomic E-state index is -0.290. The Labute approximate surface area is 106 Å². The molecule has 0 radical (unpaired) electrons. The highest BCUT2D eigenvalue weighted by Gasteiger charge is 2.21. The van der Waals surface area contributed by atoms with E-state index in [2.05, 4.69) is 6.92 Å². The van der Waals surface area contributed by atoms with Crippen molar-refractivity contribution in [2.45, 2.75) is 49.4 Å². The molecule has 0 aromatic heterocycles. The largest absolute Gasteiger partial charge is 0.392 e. The first-order valence-corrected chi connectivity index (χ1v) is 7.13. The summed E-state index contributed by atoms with van der Waals surface area (Å²) in [6, 6.07) is 5.06. The molecule has 0 amide bonds. The van der Waals surface area contributed by atoms with Crippen molar-refractivity contribution in [1.82, 2.24) is 0 Å². The summed E-state index contributed by atoms with van der Waals surface area (Å²) in [7, 11) is 0. The fraction of sp³-hybridized carbons (Fsp3) is 0.571. The van der Waals surface area contributed by atoms with Crippen molar-refractivity contribution >= 4 is 11.8 Å². The SMILES string of the molecule is CC1CCCC(Sc2cccc(F)c2CO)C1. The summed E-state index contributed by atoms with van der Waals surface area (Å²) in [5, 5.41) is 9.80. The fourth-order valence-electron chi connectivity index (χ4n) is 2.47. The van der Waals surface area contributed by atoms with Gasteiger partial charge in [0.15, 0.2) is 0 Å². The Bertz CT molecular complexity index is 380. The highest BCUT2D eigenvalue weighted by atomic mass is 32.2. The van der Waals surface area contributed by atoms with Gasteiger partial charge in [0.1, 0.15) is 5.82 Å². The maximum absolute atomic E-state index is 13.5. The van der Waals surface area contributed by atoms with Gasteiger partial charge in [-0.25, -0.2) is 4.39 Å². The van der Waals surface area contributed by atoms with E-state index in [9.17, 15) is 9.50 Å². The standard InChI is InChI=1S/C14H19FOS/c1-10-4-2-5-11(8-10)17-14-7-3-6-13(15)12(14)9-16/h3,6-7,10-11,16H,2,4-5,8-9H2,1H3. The average Bonchev–Trinajstić information content (AvgIpc) is 2.29. The van der Waals surface area contributed by atoms with Crippen molar-refractivity contribution in [2.75, 3.05) is 0 Å². The van der Waals surface area contributed by atoms with E-state index < -0.39 is 0 Å². The third kappa shape index (κ3) is 3.23. The first kappa shape index (κ1) is 12.9. The Hall–Kier alpha value is -0.540. The molecule has 17 heavy (non-hydrogen) atoms. The zero-order chi connectivity index (χ0) is 12.3. The van der Waals surface area contributed by atoms with Crippen LogP contribution in [0.5, 0.6) is 0 Å². The van der Waals surface area contributed by atoms with Gasteiger partial charge in [0.2, 0.25) is 0 Å². The van der Waals surface area contributed by atoms with Crippen LogP contribution in [0.2, 0.25) is 0 Å². The Morgan fingerprint density at radius 1 is 1.41 bits per heavy atom. The van der Waals surface area contributed by atoms with E-state index in [0.29, 0.717) is 10.8 Å². The lowest BCUT2D eigenvalue weighted by Gasteiger charge is -2.26. The molecular weight excluding hydrogens is 235 g/mol. The molecule has 1 fully saturated rings. The maximum Gasteiger partial charge on any atom is 0.129 e. The van der Waals surface area contributed by atoms with E-state index in [1.54, 1.807) is 17.8 Å². The van der Waals surface area contributed by atoms with Crippen molar-refractivity contribution in [2.24, 2.45) is 5.92 Å². The van der Waals surface area contributed by atoms with Gasteiger partial charge >= 0.3 is 0 Å². The second-order valence-corrected chi connectivity index (χ2v) is 6.23. The van der Waals surface area contributed by atoms with Gasteiger partial charge in [0.05, 0.1) is 6.61 Å². The van der Waals surface area contributed by atoms with Crippen LogP contribution in [0.1, 0.15) is 38.2 Å². The lowest BCUT2D eigenvalue weighted by atomic mass is 9.91. The molecule has 0 heterocycles. The molecule has 0 spiro atoms. The molecule has 1 aliphatic rings. The minimum absolute atomic E-state index is 0.211. The zero-order valence-electron chi connectivity index (χ0n) is 10.2. The first-order chi connectivity index (χ1) is 8.20. The molecule has 3 heteroatoms. The van der Waals surface area contributed by atoms with Gasteiger partial charge in [-0.15, -0.1) is 11.8 Å². The smallest absolute Gasteiger partial charge is 0.129 e. The summed E-state index contributed by atoms with van der Waals surface area (Å²) in [6.45, 7) is 2.07. The van der Waals surface area contributed by atoms with Gasteiger partial charge < -0.3 is 5.11 Å². The number of thioether (sulfide) groups is 1. The molecule has 94 valence electrons. The molecule has 1 aromatic carbocycles. The number of hydrogen-bond acceptors (Lipinski definition) is 2. The average molecular weight is 254 g/mol. The molecule has 2 atom stereocenters. The lowest BCUT2D eigenvalue weighted by Crippen LogP contribution is -2.15. The quantitative estimate of drug-likeness (QED) is 0.880. The number of halogens is 1. The third-order valence-corrected chi connectivity index (χ3v) is 4.81. The van der Waals surface area contributed by atoms with E-state index in [1.165, 1.54) is 31.7 Å². The Balaban J connectivity index is 2.10. The Morgan fingerprint density at radius 3 is 2.94 bits per heavy atom. The summed E-state index contributed by atoms with van der Waals surface area (Å²) < 4.78 is 13.5. The van der Waals surface area contributed by atoms with Crippen molar-refractivity contribution in [1.29, 1.82) is 0 Å². The summed E-state index contributed by atoms with van der Waals surface area (Å²) >= 11 is 1.73. The topological polar surface area (TPSA) is 20.2 Å². The van der Waals surface area contributed by atoms with Gasteiger partial charge in [-0.3, -0.25) is 0 Å². The normalized spacial score (nSPS) is 24.9. The maximum atomic E-state index is 13.5. The van der Waals surface area contributed by atoms with Crippen LogP contribution < -0.4 is 0 Å². The van der Waals surface area contributed by atoms with Crippen LogP contribution in [-0.4, -0.2) is 10.4 Å². The van der Waals surface area contributed by atoms with Gasteiger partial charge in [0.25, 0.3) is 0 Å². The molecule has 1 saturated carbocycles. The van der Waals surface area contributed by atoms with E-state index in [4.69, 9.17) is 0 Å². The predicted octanol–water partition coefficient (Wildman–Crippen LogP) is 3.99. The first-order valence-electron chi connectivity index (χ1n) is 6.25. The van der Waals surface area contributed by atoms with E-state index in [1.807, 2.05) is 6.07 Å². The van der Waals surface area contributed by atoms with Crippen LogP contribution in [0.3, 0.4) is 0 Å². The number of aliphatic hydroxyl groups is 1. The van der Waals surface area contributed by atoms with E-state index in [-0.39, 0.29) is 12.4 Å². The van der Waals surface area contributed by atoms with E-state index in [0.717, 1.165) is 10.8 Å². The van der Waals surface area contributed by atoms with Gasteiger partial charge in [-0.05, 0) is 30.9 Å². The molecule has 1 aliphatic carbocycles. The summed E-state index contributed by atoms with van der Waals surface area (Å²) in [6.07, 6.45) is 4.98. The summed E-state index contributed by atoms with van der Waals surface area (Å²) in [5.74, 6) is 0.480. The van der Waals surface area contributed by atoms with Crippen LogP contribution in [0.4, 0.5) is 4.39 Å². The molecule has 1 nitrogen and oxygen atoms in total. The van der Waals surface area contributed by atoms with Gasteiger partial charge in [-0.2, -0.15) is 0 Å². The molecule has 2 unspecified atom stereocenters. The highest BCUT2D eigenvalue weighted by molar-refractivity contribution is 8.00. The van der Waals surface area contributed by atoms with E-state index >= 15 is 0 Å². The molecule has 1 N–H and O–H groups in total. The monoisotopic (exact) mass is 254 g/mol. The lowest BCUT2D eigenvalue weighted by molar-refractivity contribution is 0.272. The van der Waals surface area contributed by atoms with Crippen molar-refractivity contribution in [3.05, 3.63) is 29.6 Å². The van der Waals surface area contributed by atoms with Crippen LogP contribution in [0.15, 0.2) is 23.1 Å². The molecular formula is C14H19FOS. The zero-order valence-corrected chi connectivity index (χ0v) is 11.0. The molecule has 1 aromatic rings. The minimum Gasteiger partial charge on any atom is -0.392 e. The number of hydrogen-bond donors (Lipinski definition) is 1. The number of benzene rings is 1. The van der Waals surface area contributed by atoms with Crippen LogP contribution in [0, 0.1) is 11.7 Å². The van der Waals surface area contributed by atoms with Crippen LogP contribution in [0.25, 0.3) is 0 Å². The molecule has 0 bridgehead atoms. The van der Waals surface area contributed by atoms with Crippen LogP contribution >= 0.6 is 11.8 Å². The van der Waals surface area contributed by atoms with Crippen LogP contribution in [-0.2, 0) is 6.61 Å². The second kappa shape index (κ2) is 5.87. The highest BCUT2D eigenvalue weighted by Crippen LogP contribution is 2.37. The van der Waals surface area contributed by atoms with Crippen molar-refractivity contribution < 1.29 is 9.50 Å². The van der Waals surface area contributed by atoms with Crippen molar-refractivity contribution in [3.63, 3.8) is 0 Å². The molecule has 0 aliphatic heterocycles. The molecule has 0 saturated heterocycles. The number of rotatable bonds is 3. The fourth-order valence-corrected chi connectivity index (χ4v) is 4.00.